The minimum absolute atomic E-state index is 0.227. The Balaban J connectivity index is 1.75. The van der Waals surface area contributed by atoms with Crippen LogP contribution in [0.1, 0.15) is 16.7 Å². The maximum Gasteiger partial charge on any atom is 0.277 e. The van der Waals surface area contributed by atoms with Gasteiger partial charge in [0.15, 0.2) is 0 Å². The quantitative estimate of drug-likeness (QED) is 0.767. The number of methoxy groups -OCH3 is 1. The fraction of sp³-hybridized carbons (Fsp3) is 0.273. The largest absolute Gasteiger partial charge is 0.383 e. The molecule has 5 nitrogen and oxygen atoms in total. The highest BCUT2D eigenvalue weighted by Gasteiger charge is 2.41. The zero-order valence-corrected chi connectivity index (χ0v) is 15.4. The molecule has 2 aliphatic rings. The number of carbonyl (C=O) groups excluding carboxylic acids is 2. The van der Waals surface area contributed by atoms with Crippen LogP contribution in [0.5, 0.6) is 0 Å². The van der Waals surface area contributed by atoms with Crippen LogP contribution in [0, 0.1) is 0 Å². The summed E-state index contributed by atoms with van der Waals surface area (Å²) < 4.78 is 5.09. The van der Waals surface area contributed by atoms with Crippen LogP contribution in [0.3, 0.4) is 0 Å². The molecule has 2 heterocycles. The van der Waals surface area contributed by atoms with Crippen molar-refractivity contribution in [3.05, 3.63) is 77.0 Å². The van der Waals surface area contributed by atoms with Gasteiger partial charge < -0.3 is 9.64 Å². The molecule has 5 heteroatoms. The molecule has 138 valence electrons. The second-order valence-corrected chi connectivity index (χ2v) is 6.78. The Morgan fingerprint density at radius 1 is 0.926 bits per heavy atom. The molecule has 0 aliphatic carbocycles. The Hall–Kier alpha value is -2.92. The minimum Gasteiger partial charge on any atom is -0.383 e. The van der Waals surface area contributed by atoms with Crippen molar-refractivity contribution in [1.29, 1.82) is 0 Å². The van der Waals surface area contributed by atoms with Gasteiger partial charge in [-0.1, -0.05) is 54.6 Å². The number of rotatable bonds is 5. The molecular weight excluding hydrogens is 340 g/mol. The Labute approximate surface area is 158 Å². The second kappa shape index (κ2) is 7.37. The third-order valence-corrected chi connectivity index (χ3v) is 5.17. The zero-order valence-electron chi connectivity index (χ0n) is 15.4. The molecule has 4 rings (SSSR count). The second-order valence-electron chi connectivity index (χ2n) is 6.78. The number of nitrogens with zero attached hydrogens (tertiary/aromatic N) is 2. The van der Waals surface area contributed by atoms with Gasteiger partial charge >= 0.3 is 0 Å². The van der Waals surface area contributed by atoms with Crippen molar-refractivity contribution in [2.45, 2.75) is 13.0 Å². The van der Waals surface area contributed by atoms with E-state index in [1.165, 1.54) is 16.0 Å². The molecule has 2 aliphatic heterocycles. The summed E-state index contributed by atoms with van der Waals surface area (Å²) in [4.78, 5) is 29.6. The molecule has 0 N–H and O–H groups in total. The van der Waals surface area contributed by atoms with E-state index in [1.54, 1.807) is 7.11 Å². The van der Waals surface area contributed by atoms with E-state index in [1.807, 2.05) is 42.5 Å². The summed E-state index contributed by atoms with van der Waals surface area (Å²) in [6.45, 7) is 1.95. The van der Waals surface area contributed by atoms with Gasteiger partial charge in [0.2, 0.25) is 0 Å². The standard InChI is InChI=1S/C22H22N2O3/c1-27-14-13-24-21(25)19(17-8-3-2-4-9-17)20(22(24)26)23-12-11-16-7-5-6-10-18(16)15-23/h2-10H,11-15H2,1H3. The molecule has 0 saturated heterocycles. The van der Waals surface area contributed by atoms with E-state index in [2.05, 4.69) is 17.0 Å². The van der Waals surface area contributed by atoms with Crippen LogP contribution in [0.2, 0.25) is 0 Å². The van der Waals surface area contributed by atoms with Crippen molar-refractivity contribution in [3.63, 3.8) is 0 Å². The van der Waals surface area contributed by atoms with Crippen LogP contribution in [0.4, 0.5) is 0 Å². The molecule has 0 unspecified atom stereocenters. The third-order valence-electron chi connectivity index (χ3n) is 5.17. The van der Waals surface area contributed by atoms with Gasteiger partial charge in [-0.2, -0.15) is 0 Å². The average molecular weight is 362 g/mol. The molecule has 0 aromatic heterocycles. The molecule has 0 fully saturated rings. The van der Waals surface area contributed by atoms with E-state index in [0.29, 0.717) is 24.4 Å². The summed E-state index contributed by atoms with van der Waals surface area (Å²) in [5.74, 6) is -0.465. The van der Waals surface area contributed by atoms with Gasteiger partial charge in [-0.3, -0.25) is 14.5 Å². The van der Waals surface area contributed by atoms with Gasteiger partial charge in [0, 0.05) is 20.2 Å². The average Bonchev–Trinajstić information content (AvgIpc) is 2.96. The van der Waals surface area contributed by atoms with Crippen molar-refractivity contribution >= 4 is 17.4 Å². The molecule has 2 aromatic carbocycles. The van der Waals surface area contributed by atoms with Gasteiger partial charge in [0.25, 0.3) is 11.8 Å². The first kappa shape index (κ1) is 17.5. The smallest absolute Gasteiger partial charge is 0.277 e. The van der Waals surface area contributed by atoms with Gasteiger partial charge in [-0.05, 0) is 23.1 Å². The molecule has 0 radical (unpaired) electrons. The fourth-order valence-corrected chi connectivity index (χ4v) is 3.79. The fourth-order valence-electron chi connectivity index (χ4n) is 3.79. The van der Waals surface area contributed by atoms with Gasteiger partial charge in [0.05, 0.1) is 18.7 Å². The number of ether oxygens (including phenoxy) is 1. The van der Waals surface area contributed by atoms with Crippen LogP contribution >= 0.6 is 0 Å². The monoisotopic (exact) mass is 362 g/mol. The maximum absolute atomic E-state index is 13.2. The highest BCUT2D eigenvalue weighted by molar-refractivity contribution is 6.35. The van der Waals surface area contributed by atoms with Crippen molar-refractivity contribution in [3.8, 4) is 0 Å². The summed E-state index contributed by atoms with van der Waals surface area (Å²) in [6.07, 6.45) is 0.862. The zero-order chi connectivity index (χ0) is 18.8. The van der Waals surface area contributed by atoms with E-state index in [9.17, 15) is 9.59 Å². The highest BCUT2D eigenvalue weighted by Crippen LogP contribution is 2.34. The van der Waals surface area contributed by atoms with Crippen LogP contribution in [0.25, 0.3) is 5.57 Å². The van der Waals surface area contributed by atoms with Gasteiger partial charge in [-0.25, -0.2) is 0 Å². The molecular formula is C22H22N2O3. The Kier molecular flexibility index (Phi) is 4.77. The Morgan fingerprint density at radius 3 is 2.37 bits per heavy atom. The summed E-state index contributed by atoms with van der Waals surface area (Å²) >= 11 is 0. The first-order valence-electron chi connectivity index (χ1n) is 9.17. The lowest BCUT2D eigenvalue weighted by molar-refractivity contribution is -0.138. The Morgan fingerprint density at radius 2 is 1.63 bits per heavy atom. The maximum atomic E-state index is 13.2. The number of benzene rings is 2. The molecule has 0 atom stereocenters. The van der Waals surface area contributed by atoms with Gasteiger partial charge in [-0.15, -0.1) is 0 Å². The Bertz CT molecular complexity index is 905. The third kappa shape index (κ3) is 3.15. The van der Waals surface area contributed by atoms with E-state index in [4.69, 9.17) is 4.74 Å². The summed E-state index contributed by atoms with van der Waals surface area (Å²) in [7, 11) is 1.57. The van der Waals surface area contributed by atoms with Crippen LogP contribution in [-0.4, -0.2) is 48.4 Å². The van der Waals surface area contributed by atoms with Crippen molar-refractivity contribution in [2.75, 3.05) is 26.8 Å². The van der Waals surface area contributed by atoms with E-state index in [-0.39, 0.29) is 18.4 Å². The van der Waals surface area contributed by atoms with E-state index < -0.39 is 0 Å². The predicted octanol–water partition coefficient (Wildman–Crippen LogP) is 2.47. The molecule has 0 spiro atoms. The first-order valence-corrected chi connectivity index (χ1v) is 9.17. The lowest BCUT2D eigenvalue weighted by Gasteiger charge is -2.31. The van der Waals surface area contributed by atoms with E-state index >= 15 is 0 Å². The van der Waals surface area contributed by atoms with Crippen molar-refractivity contribution < 1.29 is 14.3 Å². The molecule has 2 amide bonds. The molecule has 0 saturated carbocycles. The van der Waals surface area contributed by atoms with Crippen LogP contribution in [0.15, 0.2) is 60.3 Å². The summed E-state index contributed by atoms with van der Waals surface area (Å²) in [6, 6.07) is 17.7. The summed E-state index contributed by atoms with van der Waals surface area (Å²) in [5.41, 5.74) is 4.31. The number of fused-ring (bicyclic) bond motifs is 1. The first-order chi connectivity index (χ1) is 13.2. The lowest BCUT2D eigenvalue weighted by Crippen LogP contribution is -2.38. The summed E-state index contributed by atoms with van der Waals surface area (Å²) in [5, 5.41) is 0. The lowest BCUT2D eigenvalue weighted by atomic mass is 9.98. The van der Waals surface area contributed by atoms with Crippen LogP contribution < -0.4 is 0 Å². The molecule has 0 bridgehead atoms. The number of carbonyl (C=O) groups is 2. The number of hydrogen-bond acceptors (Lipinski definition) is 4. The van der Waals surface area contributed by atoms with Crippen molar-refractivity contribution in [1.82, 2.24) is 9.80 Å². The minimum atomic E-state index is -0.239. The van der Waals surface area contributed by atoms with Gasteiger partial charge in [0.1, 0.15) is 5.70 Å². The van der Waals surface area contributed by atoms with Crippen LogP contribution in [-0.2, 0) is 27.3 Å². The number of amides is 2. The SMILES string of the molecule is COCCN1C(=O)C(c2ccccc2)=C(N2CCc3ccccc3C2)C1=O. The molecule has 27 heavy (non-hydrogen) atoms. The van der Waals surface area contributed by atoms with Crippen molar-refractivity contribution in [2.24, 2.45) is 0 Å². The highest BCUT2D eigenvalue weighted by atomic mass is 16.5. The van der Waals surface area contributed by atoms with E-state index in [0.717, 1.165) is 18.5 Å². The number of imide groups is 1. The number of hydrogen-bond donors (Lipinski definition) is 0. The topological polar surface area (TPSA) is 49.9 Å². The predicted molar refractivity (Wildman–Crippen MR) is 103 cm³/mol. The normalized spacial score (nSPS) is 16.9. The molecule has 2 aromatic rings.